The van der Waals surface area contributed by atoms with E-state index >= 15 is 0 Å². The number of imidazole rings is 1. The average Bonchev–Trinajstić information content (AvgIpc) is 3.42. The lowest BCUT2D eigenvalue weighted by Gasteiger charge is -2.08. The fourth-order valence-corrected chi connectivity index (χ4v) is 4.68. The number of rotatable bonds is 4. The molecule has 6 nitrogen and oxygen atoms in total. The Morgan fingerprint density at radius 2 is 1.90 bits per heavy atom. The van der Waals surface area contributed by atoms with Crippen LogP contribution in [0.2, 0.25) is 0 Å². The minimum atomic E-state index is 0.225. The summed E-state index contributed by atoms with van der Waals surface area (Å²) >= 11 is 1.62. The van der Waals surface area contributed by atoms with Crippen LogP contribution in [0.1, 0.15) is 10.6 Å². The molecule has 0 saturated carbocycles. The van der Waals surface area contributed by atoms with E-state index in [1.165, 1.54) is 0 Å². The lowest BCUT2D eigenvalue weighted by molar-refractivity contribution is 0.174. The summed E-state index contributed by atoms with van der Waals surface area (Å²) in [6.45, 7) is 2.30. The van der Waals surface area contributed by atoms with Crippen molar-refractivity contribution in [1.29, 1.82) is 5.26 Å². The minimum absolute atomic E-state index is 0.225. The summed E-state index contributed by atoms with van der Waals surface area (Å²) in [6.07, 6.45) is 0.254. The molecular formula is C22H17N3O3S. The van der Waals surface area contributed by atoms with E-state index in [2.05, 4.69) is 17.4 Å². The van der Waals surface area contributed by atoms with Gasteiger partial charge in [-0.2, -0.15) is 5.26 Å². The molecule has 5 rings (SSSR count). The van der Waals surface area contributed by atoms with Crippen molar-refractivity contribution in [2.24, 2.45) is 0 Å². The molecule has 3 heterocycles. The third-order valence-corrected chi connectivity index (χ3v) is 5.96. The van der Waals surface area contributed by atoms with Gasteiger partial charge in [-0.25, -0.2) is 4.98 Å². The van der Waals surface area contributed by atoms with E-state index in [0.717, 1.165) is 49.5 Å². The Hall–Kier alpha value is -3.50. The highest BCUT2D eigenvalue weighted by Crippen LogP contribution is 2.40. The first-order valence-corrected chi connectivity index (χ1v) is 9.93. The molecular weight excluding hydrogens is 386 g/mol. The zero-order valence-corrected chi connectivity index (χ0v) is 16.7. The van der Waals surface area contributed by atoms with Gasteiger partial charge in [-0.3, -0.25) is 4.40 Å². The minimum Gasteiger partial charge on any atom is -0.497 e. The number of methoxy groups -OCH3 is 1. The molecule has 0 atom stereocenters. The van der Waals surface area contributed by atoms with E-state index in [9.17, 15) is 5.26 Å². The largest absolute Gasteiger partial charge is 0.497 e. The number of benzene rings is 2. The second kappa shape index (κ2) is 6.83. The van der Waals surface area contributed by atoms with Gasteiger partial charge in [-0.05, 0) is 55.0 Å². The highest BCUT2D eigenvalue weighted by molar-refractivity contribution is 7.17. The number of thiazole rings is 1. The number of ether oxygens (including phenoxy) is 3. The van der Waals surface area contributed by atoms with Crippen molar-refractivity contribution in [2.75, 3.05) is 13.9 Å². The van der Waals surface area contributed by atoms with E-state index in [4.69, 9.17) is 19.2 Å². The van der Waals surface area contributed by atoms with E-state index < -0.39 is 0 Å². The summed E-state index contributed by atoms with van der Waals surface area (Å²) in [4.78, 5) is 6.89. The summed E-state index contributed by atoms with van der Waals surface area (Å²) in [6, 6.07) is 16.0. The standard InChI is InChI=1S/C22H17N3O3S/c1-13-21(14-3-6-16(26-2)7-4-14)25-17(9-10-23)20(24-22(25)29-13)15-5-8-18-19(11-15)28-12-27-18/h3-8,11H,9,12H2,1-2H3. The fraction of sp³-hybridized carbons (Fsp3) is 0.182. The quantitative estimate of drug-likeness (QED) is 0.488. The third-order valence-electron chi connectivity index (χ3n) is 5.00. The highest BCUT2D eigenvalue weighted by atomic mass is 32.1. The van der Waals surface area contributed by atoms with E-state index in [0.29, 0.717) is 5.75 Å². The summed E-state index contributed by atoms with van der Waals surface area (Å²) in [5.41, 5.74) is 4.69. The molecule has 0 aliphatic carbocycles. The normalized spacial score (nSPS) is 12.3. The van der Waals surface area contributed by atoms with Crippen LogP contribution in [0.5, 0.6) is 17.2 Å². The Morgan fingerprint density at radius 1 is 1.14 bits per heavy atom. The SMILES string of the molecule is COc1ccc(-c2c(C)sc3nc(-c4ccc5c(c4)OCO5)c(CC#N)n23)cc1. The smallest absolute Gasteiger partial charge is 0.231 e. The van der Waals surface area contributed by atoms with Gasteiger partial charge in [0.05, 0.1) is 36.7 Å². The second-order valence-electron chi connectivity index (χ2n) is 6.66. The molecule has 4 aromatic rings. The van der Waals surface area contributed by atoms with Crippen LogP contribution in [-0.2, 0) is 6.42 Å². The summed E-state index contributed by atoms with van der Waals surface area (Å²) in [5.74, 6) is 2.24. The van der Waals surface area contributed by atoms with Crippen molar-refractivity contribution in [2.45, 2.75) is 13.3 Å². The fourth-order valence-electron chi connectivity index (χ4n) is 3.67. The van der Waals surface area contributed by atoms with E-state index in [1.807, 2.05) is 42.5 Å². The van der Waals surface area contributed by atoms with Gasteiger partial charge in [0.15, 0.2) is 16.5 Å². The Kier molecular flexibility index (Phi) is 4.14. The zero-order chi connectivity index (χ0) is 20.0. The van der Waals surface area contributed by atoms with E-state index in [1.54, 1.807) is 18.4 Å². The molecule has 1 aliphatic rings. The van der Waals surface area contributed by atoms with Crippen LogP contribution >= 0.6 is 11.3 Å². The van der Waals surface area contributed by atoms with Crippen molar-refractivity contribution in [3.05, 3.63) is 53.0 Å². The molecule has 0 spiro atoms. The molecule has 0 saturated heterocycles. The first-order valence-electron chi connectivity index (χ1n) is 9.11. The predicted octanol–water partition coefficient (Wildman–Crippen LogP) is 4.84. The van der Waals surface area contributed by atoms with Crippen LogP contribution in [0.4, 0.5) is 0 Å². The maximum Gasteiger partial charge on any atom is 0.231 e. The van der Waals surface area contributed by atoms with Crippen LogP contribution in [0.3, 0.4) is 0 Å². The van der Waals surface area contributed by atoms with Gasteiger partial charge in [0, 0.05) is 10.4 Å². The third kappa shape index (κ3) is 2.80. The number of nitrogens with zero attached hydrogens (tertiary/aromatic N) is 3. The number of aryl methyl sites for hydroxylation is 1. The maximum atomic E-state index is 9.51. The highest BCUT2D eigenvalue weighted by Gasteiger charge is 2.23. The van der Waals surface area contributed by atoms with Gasteiger partial charge in [-0.1, -0.05) is 0 Å². The van der Waals surface area contributed by atoms with Crippen molar-refractivity contribution in [1.82, 2.24) is 9.38 Å². The molecule has 2 aromatic carbocycles. The topological polar surface area (TPSA) is 68.8 Å². The van der Waals surface area contributed by atoms with Gasteiger partial charge >= 0.3 is 0 Å². The zero-order valence-electron chi connectivity index (χ0n) is 15.9. The van der Waals surface area contributed by atoms with Gasteiger partial charge in [0.25, 0.3) is 0 Å². The predicted molar refractivity (Wildman–Crippen MR) is 111 cm³/mol. The van der Waals surface area contributed by atoms with Crippen LogP contribution in [-0.4, -0.2) is 23.3 Å². The number of hydrogen-bond acceptors (Lipinski definition) is 6. The molecule has 0 N–H and O–H groups in total. The van der Waals surface area contributed by atoms with Crippen molar-refractivity contribution in [3.8, 4) is 45.8 Å². The Balaban J connectivity index is 1.72. The summed E-state index contributed by atoms with van der Waals surface area (Å²) in [7, 11) is 1.65. The number of aromatic nitrogens is 2. The lowest BCUT2D eigenvalue weighted by Crippen LogP contribution is -1.96. The number of hydrogen-bond donors (Lipinski definition) is 0. The molecule has 7 heteroatoms. The molecule has 1 aliphatic heterocycles. The molecule has 144 valence electrons. The van der Waals surface area contributed by atoms with Crippen molar-refractivity contribution >= 4 is 16.3 Å². The van der Waals surface area contributed by atoms with Gasteiger partial charge in [-0.15, -0.1) is 11.3 Å². The average molecular weight is 403 g/mol. The van der Waals surface area contributed by atoms with Gasteiger partial charge in [0.1, 0.15) is 5.75 Å². The first kappa shape index (κ1) is 17.6. The van der Waals surface area contributed by atoms with Gasteiger partial charge in [0.2, 0.25) is 6.79 Å². The van der Waals surface area contributed by atoms with Gasteiger partial charge < -0.3 is 14.2 Å². The molecule has 0 amide bonds. The molecule has 0 bridgehead atoms. The lowest BCUT2D eigenvalue weighted by atomic mass is 10.1. The monoisotopic (exact) mass is 403 g/mol. The van der Waals surface area contributed by atoms with Crippen molar-refractivity contribution in [3.63, 3.8) is 0 Å². The molecule has 0 fully saturated rings. The molecule has 29 heavy (non-hydrogen) atoms. The first-order chi connectivity index (χ1) is 14.2. The number of nitriles is 1. The Labute approximate surface area is 171 Å². The van der Waals surface area contributed by atoms with Crippen LogP contribution < -0.4 is 14.2 Å². The number of fused-ring (bicyclic) bond motifs is 2. The van der Waals surface area contributed by atoms with Crippen LogP contribution in [0.25, 0.3) is 27.5 Å². The maximum absolute atomic E-state index is 9.51. The Bertz CT molecular complexity index is 1270. The molecule has 0 unspecified atom stereocenters. The molecule has 0 radical (unpaired) electrons. The summed E-state index contributed by atoms with van der Waals surface area (Å²) < 4.78 is 18.3. The molecule has 2 aromatic heterocycles. The van der Waals surface area contributed by atoms with Crippen LogP contribution in [0, 0.1) is 18.3 Å². The van der Waals surface area contributed by atoms with Crippen LogP contribution in [0.15, 0.2) is 42.5 Å². The Morgan fingerprint density at radius 3 is 2.66 bits per heavy atom. The van der Waals surface area contributed by atoms with Crippen molar-refractivity contribution < 1.29 is 14.2 Å². The second-order valence-corrected chi connectivity index (χ2v) is 7.85. The summed E-state index contributed by atoms with van der Waals surface area (Å²) in [5, 5.41) is 9.51. The van der Waals surface area contributed by atoms with E-state index in [-0.39, 0.29) is 13.2 Å².